The van der Waals surface area contributed by atoms with Crippen LogP contribution >= 0.6 is 0 Å². The summed E-state index contributed by atoms with van der Waals surface area (Å²) in [6, 6.07) is 7.46. The molecule has 0 aliphatic carbocycles. The van der Waals surface area contributed by atoms with E-state index in [1.807, 2.05) is 24.3 Å². The summed E-state index contributed by atoms with van der Waals surface area (Å²) in [6.07, 6.45) is 3.76. The van der Waals surface area contributed by atoms with Crippen LogP contribution in [0.2, 0.25) is 0 Å². The molecule has 98 valence electrons. The first kappa shape index (κ1) is 14.2. The van der Waals surface area contributed by atoms with Gasteiger partial charge in [0.25, 0.3) is 0 Å². The second-order valence-electron chi connectivity index (χ2n) is 4.03. The highest BCUT2D eigenvalue weighted by molar-refractivity contribution is 5.66. The zero-order chi connectivity index (χ0) is 13.2. The summed E-state index contributed by atoms with van der Waals surface area (Å²) in [4.78, 5) is 20.8. The molecule has 0 aromatic heterocycles. The molecule has 0 bridgehead atoms. The molecule has 0 unspecified atom stereocenters. The quantitative estimate of drug-likeness (QED) is 0.540. The van der Waals surface area contributed by atoms with E-state index in [1.165, 1.54) is 0 Å². The van der Waals surface area contributed by atoms with Gasteiger partial charge in [-0.2, -0.15) is 0 Å². The van der Waals surface area contributed by atoms with Crippen molar-refractivity contribution >= 4 is 12.3 Å². The second kappa shape index (κ2) is 8.28. The fourth-order valence-corrected chi connectivity index (χ4v) is 1.64. The van der Waals surface area contributed by atoms with E-state index in [9.17, 15) is 9.59 Å². The molecule has 0 aliphatic heterocycles. The van der Waals surface area contributed by atoms with Crippen molar-refractivity contribution in [3.05, 3.63) is 29.8 Å². The van der Waals surface area contributed by atoms with Crippen LogP contribution in [-0.2, 0) is 16.0 Å². The van der Waals surface area contributed by atoms with Crippen molar-refractivity contribution in [3.8, 4) is 5.75 Å². The number of para-hydroxylation sites is 1. The number of ether oxygens (including phenoxy) is 1. The highest BCUT2D eigenvalue weighted by Crippen LogP contribution is 2.18. The molecule has 1 aromatic rings. The number of carbonyl (C=O) groups is 2. The number of carboxylic acids is 1. The number of carbonyl (C=O) groups excluding carboxylic acids is 1. The van der Waals surface area contributed by atoms with Gasteiger partial charge in [-0.15, -0.1) is 0 Å². The number of aliphatic carboxylic acids is 1. The molecule has 4 nitrogen and oxygen atoms in total. The van der Waals surface area contributed by atoms with Gasteiger partial charge in [-0.1, -0.05) is 18.2 Å². The Morgan fingerprint density at radius 3 is 2.72 bits per heavy atom. The van der Waals surface area contributed by atoms with Gasteiger partial charge in [0.15, 0.2) is 0 Å². The molecule has 0 fully saturated rings. The monoisotopic (exact) mass is 250 g/mol. The largest absolute Gasteiger partial charge is 0.493 e. The molecule has 18 heavy (non-hydrogen) atoms. The molecular formula is C14H18O4. The van der Waals surface area contributed by atoms with Crippen LogP contribution in [-0.4, -0.2) is 24.0 Å². The molecule has 0 saturated carbocycles. The summed E-state index contributed by atoms with van der Waals surface area (Å²) < 4.78 is 5.59. The number of benzene rings is 1. The number of unbranched alkanes of at least 4 members (excludes halogenated alkanes) is 2. The van der Waals surface area contributed by atoms with Gasteiger partial charge in [0, 0.05) is 18.4 Å². The average Bonchev–Trinajstić information content (AvgIpc) is 2.35. The van der Waals surface area contributed by atoms with Crippen molar-refractivity contribution in [1.82, 2.24) is 0 Å². The highest BCUT2D eigenvalue weighted by Gasteiger charge is 2.02. The van der Waals surface area contributed by atoms with E-state index < -0.39 is 5.97 Å². The van der Waals surface area contributed by atoms with Crippen LogP contribution in [0.15, 0.2) is 24.3 Å². The van der Waals surface area contributed by atoms with Crippen molar-refractivity contribution in [1.29, 1.82) is 0 Å². The Morgan fingerprint density at radius 2 is 2.00 bits per heavy atom. The molecule has 4 heteroatoms. The standard InChI is InChI=1S/C14H18O4/c15-10-9-12-6-3-4-7-13(12)18-11-5-1-2-8-14(16)17/h3-4,6-7,10H,1-2,5,8-9,11H2,(H,16,17). The van der Waals surface area contributed by atoms with Gasteiger partial charge in [0.1, 0.15) is 12.0 Å². The van der Waals surface area contributed by atoms with Crippen molar-refractivity contribution < 1.29 is 19.4 Å². The smallest absolute Gasteiger partial charge is 0.303 e. The van der Waals surface area contributed by atoms with Crippen molar-refractivity contribution in [2.45, 2.75) is 32.1 Å². The summed E-state index contributed by atoms with van der Waals surface area (Å²) in [6.45, 7) is 0.551. The van der Waals surface area contributed by atoms with Crippen LogP contribution in [0, 0.1) is 0 Å². The molecule has 0 saturated heterocycles. The average molecular weight is 250 g/mol. The van der Waals surface area contributed by atoms with E-state index in [0.717, 1.165) is 30.4 Å². The first-order chi connectivity index (χ1) is 8.74. The number of rotatable bonds is 9. The van der Waals surface area contributed by atoms with Crippen molar-refractivity contribution in [2.75, 3.05) is 6.61 Å². The SMILES string of the molecule is O=CCc1ccccc1OCCCCCC(=O)O. The van der Waals surface area contributed by atoms with E-state index in [0.29, 0.717) is 19.4 Å². The lowest BCUT2D eigenvalue weighted by atomic mass is 10.1. The van der Waals surface area contributed by atoms with Crippen LogP contribution in [0.4, 0.5) is 0 Å². The van der Waals surface area contributed by atoms with Gasteiger partial charge in [-0.05, 0) is 25.3 Å². The van der Waals surface area contributed by atoms with E-state index in [1.54, 1.807) is 0 Å². The lowest BCUT2D eigenvalue weighted by molar-refractivity contribution is -0.137. The van der Waals surface area contributed by atoms with E-state index in [2.05, 4.69) is 0 Å². The Labute approximate surface area is 107 Å². The van der Waals surface area contributed by atoms with Crippen LogP contribution in [0.5, 0.6) is 5.75 Å². The summed E-state index contributed by atoms with van der Waals surface area (Å²) in [5, 5.41) is 8.48. The molecule has 1 N–H and O–H groups in total. The maximum atomic E-state index is 10.5. The van der Waals surface area contributed by atoms with E-state index in [4.69, 9.17) is 9.84 Å². The van der Waals surface area contributed by atoms with Crippen molar-refractivity contribution in [2.24, 2.45) is 0 Å². The number of carboxylic acid groups (broad SMARTS) is 1. The molecule has 0 amide bonds. The Bertz CT molecular complexity index is 387. The maximum Gasteiger partial charge on any atom is 0.303 e. The molecule has 0 heterocycles. The first-order valence-corrected chi connectivity index (χ1v) is 6.10. The Hall–Kier alpha value is -1.84. The second-order valence-corrected chi connectivity index (χ2v) is 4.03. The normalized spacial score (nSPS) is 10.0. The predicted molar refractivity (Wildman–Crippen MR) is 67.8 cm³/mol. The van der Waals surface area contributed by atoms with Crippen LogP contribution in [0.3, 0.4) is 0 Å². The lowest BCUT2D eigenvalue weighted by Gasteiger charge is -2.09. The molecule has 1 aromatic carbocycles. The summed E-state index contributed by atoms with van der Waals surface area (Å²) >= 11 is 0. The van der Waals surface area contributed by atoms with Gasteiger partial charge < -0.3 is 14.6 Å². The molecule has 0 spiro atoms. The van der Waals surface area contributed by atoms with Gasteiger partial charge in [0.2, 0.25) is 0 Å². The summed E-state index contributed by atoms with van der Waals surface area (Å²) in [5.74, 6) is -0.0184. The summed E-state index contributed by atoms with van der Waals surface area (Å²) in [5.41, 5.74) is 0.887. The predicted octanol–water partition coefficient (Wildman–Crippen LogP) is 2.45. The minimum Gasteiger partial charge on any atom is -0.493 e. The topological polar surface area (TPSA) is 63.6 Å². The molecular weight excluding hydrogens is 232 g/mol. The minimum absolute atomic E-state index is 0.210. The third kappa shape index (κ3) is 5.48. The van der Waals surface area contributed by atoms with Crippen LogP contribution in [0.1, 0.15) is 31.2 Å². The Morgan fingerprint density at radius 1 is 1.22 bits per heavy atom. The number of hydrogen-bond acceptors (Lipinski definition) is 3. The van der Waals surface area contributed by atoms with E-state index in [-0.39, 0.29) is 6.42 Å². The summed E-state index contributed by atoms with van der Waals surface area (Å²) in [7, 11) is 0. The van der Waals surface area contributed by atoms with Gasteiger partial charge >= 0.3 is 5.97 Å². The fraction of sp³-hybridized carbons (Fsp3) is 0.429. The fourth-order valence-electron chi connectivity index (χ4n) is 1.64. The van der Waals surface area contributed by atoms with Gasteiger partial charge in [-0.3, -0.25) is 4.79 Å². The van der Waals surface area contributed by atoms with E-state index >= 15 is 0 Å². The molecule has 1 rings (SSSR count). The van der Waals surface area contributed by atoms with Gasteiger partial charge in [0.05, 0.1) is 6.61 Å². The zero-order valence-corrected chi connectivity index (χ0v) is 10.3. The van der Waals surface area contributed by atoms with Crippen LogP contribution in [0.25, 0.3) is 0 Å². The maximum absolute atomic E-state index is 10.5. The lowest BCUT2D eigenvalue weighted by Crippen LogP contribution is -2.01. The molecule has 0 radical (unpaired) electrons. The third-order valence-corrected chi connectivity index (χ3v) is 2.57. The van der Waals surface area contributed by atoms with Crippen molar-refractivity contribution in [3.63, 3.8) is 0 Å². The molecule has 0 aliphatic rings. The third-order valence-electron chi connectivity index (χ3n) is 2.57. The van der Waals surface area contributed by atoms with Crippen LogP contribution < -0.4 is 4.74 Å². The number of hydrogen-bond donors (Lipinski definition) is 1. The Kier molecular flexibility index (Phi) is 6.54. The van der Waals surface area contributed by atoms with Gasteiger partial charge in [-0.25, -0.2) is 0 Å². The number of aldehydes is 1. The molecule has 0 atom stereocenters. The first-order valence-electron chi connectivity index (χ1n) is 6.10. The zero-order valence-electron chi connectivity index (χ0n) is 10.3. The Balaban J connectivity index is 2.26. The minimum atomic E-state index is -0.757. The highest BCUT2D eigenvalue weighted by atomic mass is 16.5.